The van der Waals surface area contributed by atoms with Crippen LogP contribution in [0.3, 0.4) is 0 Å². The number of H-pyrrole nitrogens is 1. The molecule has 4 nitrogen and oxygen atoms in total. The maximum absolute atomic E-state index is 11.9. The van der Waals surface area contributed by atoms with Crippen LogP contribution in [0.2, 0.25) is 0 Å². The standard InChI is InChI=1S/C12H21N3O.C2H6/c1-5-15(4)7-6-13-12(16)11-9(2)8-14-10(11)3;1-2/h8,14H,5-7H2,1-4H3,(H,13,16);1-2H3. The number of likely N-dealkylation sites (N-methyl/N-ethyl adjacent to an activating group) is 1. The Morgan fingerprint density at radius 1 is 1.39 bits per heavy atom. The second-order valence-corrected chi connectivity index (χ2v) is 4.12. The highest BCUT2D eigenvalue weighted by molar-refractivity contribution is 5.96. The molecule has 0 aliphatic carbocycles. The molecule has 0 atom stereocenters. The highest BCUT2D eigenvalue weighted by atomic mass is 16.1. The third-order valence-corrected chi connectivity index (χ3v) is 2.82. The fourth-order valence-corrected chi connectivity index (χ4v) is 1.61. The minimum atomic E-state index is 0.0146. The lowest BCUT2D eigenvalue weighted by atomic mass is 10.1. The van der Waals surface area contributed by atoms with E-state index >= 15 is 0 Å². The maximum Gasteiger partial charge on any atom is 0.253 e. The summed E-state index contributed by atoms with van der Waals surface area (Å²) in [6.07, 6.45) is 1.86. The van der Waals surface area contributed by atoms with Crippen LogP contribution in [0.25, 0.3) is 0 Å². The van der Waals surface area contributed by atoms with E-state index in [9.17, 15) is 4.79 Å². The molecule has 2 N–H and O–H groups in total. The van der Waals surface area contributed by atoms with Gasteiger partial charge in [-0.05, 0) is 33.0 Å². The van der Waals surface area contributed by atoms with Gasteiger partial charge in [0.1, 0.15) is 0 Å². The monoisotopic (exact) mass is 253 g/mol. The Hall–Kier alpha value is -1.29. The molecule has 0 bridgehead atoms. The van der Waals surface area contributed by atoms with Crippen molar-refractivity contribution < 1.29 is 4.79 Å². The molecule has 1 aromatic rings. The molecule has 0 aromatic carbocycles. The summed E-state index contributed by atoms with van der Waals surface area (Å²) in [5.41, 5.74) is 2.71. The predicted octanol–water partition coefficient (Wildman–Crippen LogP) is 2.34. The fourth-order valence-electron chi connectivity index (χ4n) is 1.61. The van der Waals surface area contributed by atoms with E-state index < -0.39 is 0 Å². The van der Waals surface area contributed by atoms with Gasteiger partial charge in [0, 0.05) is 25.0 Å². The van der Waals surface area contributed by atoms with Gasteiger partial charge >= 0.3 is 0 Å². The van der Waals surface area contributed by atoms with Gasteiger partial charge in [-0.25, -0.2) is 0 Å². The second kappa shape index (κ2) is 8.75. The predicted molar refractivity (Wildman–Crippen MR) is 77.1 cm³/mol. The molecule has 104 valence electrons. The van der Waals surface area contributed by atoms with Crippen molar-refractivity contribution in [3.63, 3.8) is 0 Å². The van der Waals surface area contributed by atoms with Crippen LogP contribution in [-0.4, -0.2) is 42.5 Å². The number of carbonyl (C=O) groups excluding carboxylic acids is 1. The SMILES string of the molecule is CC.CCN(C)CCNC(=O)c1c(C)c[nH]c1C. The minimum Gasteiger partial charge on any atom is -0.364 e. The normalized spacial score (nSPS) is 9.94. The molecule has 0 radical (unpaired) electrons. The zero-order chi connectivity index (χ0) is 14.1. The Morgan fingerprint density at radius 2 is 2.00 bits per heavy atom. The molecule has 0 aliphatic rings. The van der Waals surface area contributed by atoms with Crippen LogP contribution in [-0.2, 0) is 0 Å². The van der Waals surface area contributed by atoms with Gasteiger partial charge in [-0.3, -0.25) is 4.79 Å². The summed E-state index contributed by atoms with van der Waals surface area (Å²) in [5.74, 6) is 0.0146. The first-order valence-electron chi connectivity index (χ1n) is 6.67. The van der Waals surface area contributed by atoms with Crippen molar-refractivity contribution in [1.29, 1.82) is 0 Å². The molecule has 1 heterocycles. The molecule has 1 amide bonds. The zero-order valence-corrected chi connectivity index (χ0v) is 12.6. The third kappa shape index (κ3) is 4.92. The molecule has 1 rings (SSSR count). The van der Waals surface area contributed by atoms with Crippen LogP contribution in [0.5, 0.6) is 0 Å². The molecule has 18 heavy (non-hydrogen) atoms. The van der Waals surface area contributed by atoms with E-state index in [0.29, 0.717) is 6.54 Å². The van der Waals surface area contributed by atoms with Gasteiger partial charge in [0.15, 0.2) is 0 Å². The second-order valence-electron chi connectivity index (χ2n) is 4.12. The van der Waals surface area contributed by atoms with Crippen LogP contribution in [0.15, 0.2) is 6.20 Å². The van der Waals surface area contributed by atoms with Gasteiger partial charge in [-0.15, -0.1) is 0 Å². The Bertz CT molecular complexity index is 338. The van der Waals surface area contributed by atoms with Crippen molar-refractivity contribution in [3.05, 3.63) is 23.0 Å². The summed E-state index contributed by atoms with van der Waals surface area (Å²) in [5, 5.41) is 2.93. The third-order valence-electron chi connectivity index (χ3n) is 2.82. The van der Waals surface area contributed by atoms with E-state index in [1.807, 2.05) is 40.9 Å². The van der Waals surface area contributed by atoms with Crippen LogP contribution in [0.1, 0.15) is 42.4 Å². The van der Waals surface area contributed by atoms with Gasteiger partial charge in [0.05, 0.1) is 5.56 Å². The average Bonchev–Trinajstić information content (AvgIpc) is 2.71. The summed E-state index contributed by atoms with van der Waals surface area (Å²) in [7, 11) is 2.04. The summed E-state index contributed by atoms with van der Waals surface area (Å²) < 4.78 is 0. The molecule has 1 aromatic heterocycles. The number of hydrogen-bond donors (Lipinski definition) is 2. The van der Waals surface area contributed by atoms with Crippen LogP contribution in [0.4, 0.5) is 0 Å². The highest BCUT2D eigenvalue weighted by Gasteiger charge is 2.12. The molecule has 0 saturated heterocycles. The fraction of sp³-hybridized carbons (Fsp3) is 0.643. The Balaban J connectivity index is 0.00000137. The number of aromatic nitrogens is 1. The van der Waals surface area contributed by atoms with E-state index in [1.54, 1.807) is 0 Å². The zero-order valence-electron chi connectivity index (χ0n) is 12.6. The maximum atomic E-state index is 11.9. The smallest absolute Gasteiger partial charge is 0.253 e. The minimum absolute atomic E-state index is 0.0146. The topological polar surface area (TPSA) is 48.1 Å². The van der Waals surface area contributed by atoms with Gasteiger partial charge in [0.25, 0.3) is 5.91 Å². The molecular formula is C14H27N3O. The van der Waals surface area contributed by atoms with Crippen LogP contribution < -0.4 is 5.32 Å². The van der Waals surface area contributed by atoms with Crippen molar-refractivity contribution in [2.45, 2.75) is 34.6 Å². The first kappa shape index (κ1) is 16.7. The number of aromatic amines is 1. The Morgan fingerprint density at radius 3 is 2.44 bits per heavy atom. The van der Waals surface area contributed by atoms with Gasteiger partial charge in [-0.1, -0.05) is 20.8 Å². The van der Waals surface area contributed by atoms with E-state index in [-0.39, 0.29) is 5.91 Å². The number of nitrogens with zero attached hydrogens (tertiary/aromatic N) is 1. The lowest BCUT2D eigenvalue weighted by Crippen LogP contribution is -2.33. The molecular weight excluding hydrogens is 226 g/mol. The van der Waals surface area contributed by atoms with Crippen molar-refractivity contribution >= 4 is 5.91 Å². The first-order valence-corrected chi connectivity index (χ1v) is 6.67. The molecule has 0 spiro atoms. The lowest BCUT2D eigenvalue weighted by molar-refractivity contribution is 0.0949. The number of amides is 1. The first-order chi connectivity index (χ1) is 8.56. The highest BCUT2D eigenvalue weighted by Crippen LogP contribution is 2.11. The summed E-state index contributed by atoms with van der Waals surface area (Å²) in [6.45, 7) is 12.5. The van der Waals surface area contributed by atoms with Crippen LogP contribution in [0, 0.1) is 13.8 Å². The molecule has 0 fully saturated rings. The number of nitrogens with one attached hydrogen (secondary N) is 2. The van der Waals surface area contributed by atoms with Crippen molar-refractivity contribution in [2.24, 2.45) is 0 Å². The number of rotatable bonds is 5. The number of aryl methyl sites for hydroxylation is 2. The largest absolute Gasteiger partial charge is 0.364 e. The summed E-state index contributed by atoms with van der Waals surface area (Å²) in [6, 6.07) is 0. The van der Waals surface area contributed by atoms with E-state index in [0.717, 1.165) is 29.9 Å². The van der Waals surface area contributed by atoms with Crippen molar-refractivity contribution in [2.75, 3.05) is 26.7 Å². The van der Waals surface area contributed by atoms with E-state index in [4.69, 9.17) is 0 Å². The van der Waals surface area contributed by atoms with Gasteiger partial charge in [0.2, 0.25) is 0 Å². The van der Waals surface area contributed by atoms with Gasteiger partial charge < -0.3 is 15.2 Å². The van der Waals surface area contributed by atoms with Crippen LogP contribution >= 0.6 is 0 Å². The Kier molecular flexibility index (Phi) is 8.12. The van der Waals surface area contributed by atoms with E-state index in [2.05, 4.69) is 22.1 Å². The summed E-state index contributed by atoms with van der Waals surface area (Å²) in [4.78, 5) is 17.1. The molecule has 0 saturated carbocycles. The number of hydrogen-bond acceptors (Lipinski definition) is 2. The lowest BCUT2D eigenvalue weighted by Gasteiger charge is -2.14. The quantitative estimate of drug-likeness (QED) is 0.846. The molecule has 4 heteroatoms. The van der Waals surface area contributed by atoms with Crippen molar-refractivity contribution in [3.8, 4) is 0 Å². The van der Waals surface area contributed by atoms with E-state index in [1.165, 1.54) is 0 Å². The summed E-state index contributed by atoms with van der Waals surface area (Å²) >= 11 is 0. The van der Waals surface area contributed by atoms with Gasteiger partial charge in [-0.2, -0.15) is 0 Å². The Labute approximate surface area is 111 Å². The average molecular weight is 253 g/mol. The molecule has 0 aliphatic heterocycles. The number of carbonyl (C=O) groups is 1. The van der Waals surface area contributed by atoms with Crippen molar-refractivity contribution in [1.82, 2.24) is 15.2 Å². The molecule has 0 unspecified atom stereocenters.